The van der Waals surface area contributed by atoms with Gasteiger partial charge in [-0.15, -0.1) is 0 Å². The number of aromatic amines is 1. The number of fused-ring (bicyclic) bond motifs is 3. The summed E-state index contributed by atoms with van der Waals surface area (Å²) in [6.45, 7) is 2.22. The molecular weight excluding hydrogens is 521 g/mol. The van der Waals surface area contributed by atoms with Crippen molar-refractivity contribution in [3.8, 4) is 0 Å². The van der Waals surface area contributed by atoms with Crippen molar-refractivity contribution in [1.82, 2.24) is 9.97 Å². The number of hydrogen-bond acceptors (Lipinski definition) is 6. The minimum atomic E-state index is -1.18. The zero-order valence-corrected chi connectivity index (χ0v) is 23.7. The molecule has 0 spiro atoms. The van der Waals surface area contributed by atoms with Crippen LogP contribution >= 0.6 is 0 Å². The molecule has 0 radical (unpaired) electrons. The number of benzene rings is 3. The summed E-state index contributed by atoms with van der Waals surface area (Å²) in [6.07, 6.45) is -0.658. The Hall–Kier alpha value is -3.24. The van der Waals surface area contributed by atoms with Gasteiger partial charge in [-0.25, -0.2) is 4.98 Å². The van der Waals surface area contributed by atoms with Crippen LogP contribution in [0.15, 0.2) is 59.4 Å². The summed E-state index contributed by atoms with van der Waals surface area (Å²) in [5.74, 6) is -3.11. The van der Waals surface area contributed by atoms with Gasteiger partial charge in [0.05, 0.1) is 16.8 Å². The van der Waals surface area contributed by atoms with Crippen LogP contribution in [0.4, 0.5) is 5.69 Å². The van der Waals surface area contributed by atoms with Gasteiger partial charge in [0.1, 0.15) is 5.82 Å². The number of H-pyrrole nitrogens is 1. The van der Waals surface area contributed by atoms with Gasteiger partial charge in [0.25, 0.3) is 5.56 Å². The Morgan fingerprint density at radius 3 is 2.37 bits per heavy atom. The molecule has 0 saturated heterocycles. The number of rotatable bonds is 10. The van der Waals surface area contributed by atoms with Crippen molar-refractivity contribution < 1.29 is 66.6 Å². The number of Topliss-reactive ketones (excluding diaryl/α,β-unsaturated/α-hetero) is 1. The van der Waals surface area contributed by atoms with Gasteiger partial charge < -0.3 is 32.9 Å². The fourth-order valence-electron chi connectivity index (χ4n) is 4.16. The number of aliphatic carboxylic acids is 2. The van der Waals surface area contributed by atoms with E-state index in [-0.39, 0.29) is 72.6 Å². The second-order valence-corrected chi connectivity index (χ2v) is 8.69. The van der Waals surface area contributed by atoms with E-state index in [2.05, 4.69) is 15.3 Å². The van der Waals surface area contributed by atoms with Gasteiger partial charge >= 0.3 is 41.5 Å². The van der Waals surface area contributed by atoms with Crippen LogP contribution in [0.3, 0.4) is 0 Å². The van der Waals surface area contributed by atoms with E-state index in [9.17, 15) is 24.3 Å². The molecule has 3 aromatic carbocycles. The van der Waals surface area contributed by atoms with E-state index in [0.717, 1.165) is 22.0 Å². The third kappa shape index (κ3) is 7.41. The number of carbonyl (C=O) groups excluding carboxylic acids is 1. The van der Waals surface area contributed by atoms with E-state index in [4.69, 9.17) is 5.11 Å². The quantitative estimate of drug-likeness (QED) is 0.103. The predicted molar refractivity (Wildman–Crippen MR) is 135 cm³/mol. The molecule has 4 aromatic rings. The van der Waals surface area contributed by atoms with Crippen LogP contribution in [0.1, 0.15) is 41.0 Å². The van der Waals surface area contributed by atoms with Crippen molar-refractivity contribution in [2.24, 2.45) is 5.92 Å². The number of carboxylic acids is 2. The molecule has 1 atom stereocenters. The Labute approximate surface area is 246 Å². The van der Waals surface area contributed by atoms with E-state index in [1.807, 2.05) is 30.3 Å². The molecule has 0 amide bonds. The Morgan fingerprint density at radius 1 is 1.03 bits per heavy atom. The number of ketones is 1. The number of nitrogens with one attached hydrogen (secondary N) is 2. The van der Waals surface area contributed by atoms with Crippen molar-refractivity contribution in [1.29, 1.82) is 0 Å². The smallest absolute Gasteiger partial charge is 1.00 e. The number of aromatic nitrogens is 2. The van der Waals surface area contributed by atoms with Gasteiger partial charge in [-0.1, -0.05) is 18.2 Å². The number of aryl methyl sites for hydroxylation is 1. The Kier molecular flexibility index (Phi) is 11.0. The summed E-state index contributed by atoms with van der Waals surface area (Å²) in [7, 11) is 0. The summed E-state index contributed by atoms with van der Waals surface area (Å²) in [4.78, 5) is 54.3. The molecule has 38 heavy (non-hydrogen) atoms. The van der Waals surface area contributed by atoms with Crippen molar-refractivity contribution in [2.75, 3.05) is 5.32 Å². The standard InChI is InChI=1S/C27H25N3O6.ClH.Na/c1-15-29-22-10-6-17-3-2-16(12-21(17)25(22)26(34)30-15)14-28-20-8-4-18(5-9-20)23(31)13-19(27(35)36)7-11-24(32)33;;/h2-6,8-10,12,19,28H,7,11,13-14H2,1H3,(H,32,33)(H,35,36)(H,29,30,34);1H;/q;;+1/p-1. The Morgan fingerprint density at radius 2 is 1.71 bits per heavy atom. The number of halogens is 1. The average molecular weight is 546 g/mol. The van der Waals surface area contributed by atoms with Crippen LogP contribution in [0.2, 0.25) is 0 Å². The van der Waals surface area contributed by atoms with Crippen molar-refractivity contribution in [3.05, 3.63) is 81.9 Å². The summed E-state index contributed by atoms with van der Waals surface area (Å²) in [5.41, 5.74) is 2.54. The van der Waals surface area contributed by atoms with Crippen LogP contribution < -0.4 is 52.8 Å². The largest absolute Gasteiger partial charge is 1.00 e. The number of anilines is 1. The molecule has 192 valence electrons. The SMILES string of the molecule is Cc1nc2ccc3ccc(CNc4ccc(C(=O)CC(CCC(=O)O)C(=O)O)cc4)cc3c2c(=O)[nH]1.[Cl-].[Na+]. The first-order valence-electron chi connectivity index (χ1n) is 11.5. The van der Waals surface area contributed by atoms with Crippen LogP contribution in [-0.4, -0.2) is 37.9 Å². The number of hydrogen-bond donors (Lipinski definition) is 4. The Balaban J connectivity index is 0.00000253. The Bertz CT molecular complexity index is 1540. The molecule has 4 N–H and O–H groups in total. The summed E-state index contributed by atoms with van der Waals surface area (Å²) in [6, 6.07) is 16.3. The molecule has 1 heterocycles. The third-order valence-electron chi connectivity index (χ3n) is 6.06. The van der Waals surface area contributed by atoms with Crippen LogP contribution in [-0.2, 0) is 16.1 Å². The second kappa shape index (κ2) is 13.5. The van der Waals surface area contributed by atoms with Gasteiger partial charge in [-0.05, 0) is 66.1 Å². The number of carboxylic acid groups (broad SMARTS) is 2. The number of nitrogens with zero attached hydrogens (tertiary/aromatic N) is 1. The van der Waals surface area contributed by atoms with E-state index >= 15 is 0 Å². The minimum Gasteiger partial charge on any atom is -1.00 e. The summed E-state index contributed by atoms with van der Waals surface area (Å²) in [5, 5.41) is 23.6. The van der Waals surface area contributed by atoms with E-state index in [1.165, 1.54) is 0 Å². The molecule has 9 nitrogen and oxygen atoms in total. The first kappa shape index (κ1) is 31.0. The molecular formula is C27H25ClN3NaO6. The van der Waals surface area contributed by atoms with E-state index in [1.54, 1.807) is 31.2 Å². The molecule has 1 aromatic heterocycles. The maximum atomic E-state index is 12.6. The van der Waals surface area contributed by atoms with Crippen LogP contribution in [0, 0.1) is 12.8 Å². The molecule has 11 heteroatoms. The first-order valence-corrected chi connectivity index (χ1v) is 11.5. The maximum absolute atomic E-state index is 12.6. The molecule has 0 aliphatic carbocycles. The zero-order chi connectivity index (χ0) is 25.8. The van der Waals surface area contributed by atoms with Crippen LogP contribution in [0.25, 0.3) is 21.7 Å². The third-order valence-corrected chi connectivity index (χ3v) is 6.06. The fourth-order valence-corrected chi connectivity index (χ4v) is 4.16. The first-order chi connectivity index (χ1) is 17.2. The summed E-state index contributed by atoms with van der Waals surface area (Å²) < 4.78 is 0. The minimum absolute atomic E-state index is 0. The van der Waals surface area contributed by atoms with Gasteiger partial charge in [-0.2, -0.15) is 0 Å². The topological polar surface area (TPSA) is 149 Å². The molecule has 1 unspecified atom stereocenters. The molecule has 0 fully saturated rings. The van der Waals surface area contributed by atoms with Crippen LogP contribution in [0.5, 0.6) is 0 Å². The predicted octanol–water partition coefficient (Wildman–Crippen LogP) is -1.86. The van der Waals surface area contributed by atoms with Gasteiger partial charge in [-0.3, -0.25) is 19.2 Å². The van der Waals surface area contributed by atoms with Gasteiger partial charge in [0.15, 0.2) is 5.78 Å². The fraction of sp³-hybridized carbons (Fsp3) is 0.222. The van der Waals surface area contributed by atoms with E-state index < -0.39 is 17.9 Å². The second-order valence-electron chi connectivity index (χ2n) is 8.69. The average Bonchev–Trinajstić information content (AvgIpc) is 2.84. The molecule has 4 rings (SSSR count). The zero-order valence-electron chi connectivity index (χ0n) is 21.0. The number of carbonyl (C=O) groups is 3. The normalized spacial score (nSPS) is 11.3. The molecule has 0 aliphatic rings. The molecule has 0 bridgehead atoms. The molecule has 0 saturated carbocycles. The summed E-state index contributed by atoms with van der Waals surface area (Å²) >= 11 is 0. The van der Waals surface area contributed by atoms with Gasteiger partial charge in [0, 0.05) is 30.6 Å². The molecule has 0 aliphatic heterocycles. The van der Waals surface area contributed by atoms with Crippen molar-refractivity contribution in [3.63, 3.8) is 0 Å². The van der Waals surface area contributed by atoms with Crippen molar-refractivity contribution in [2.45, 2.75) is 32.7 Å². The monoisotopic (exact) mass is 545 g/mol. The maximum Gasteiger partial charge on any atom is 1.00 e. The van der Waals surface area contributed by atoms with E-state index in [0.29, 0.717) is 28.8 Å². The van der Waals surface area contributed by atoms with Gasteiger partial charge in [0.2, 0.25) is 0 Å². The van der Waals surface area contributed by atoms with Crippen molar-refractivity contribution >= 4 is 45.1 Å².